The summed E-state index contributed by atoms with van der Waals surface area (Å²) in [6.45, 7) is 9.04. The molecule has 0 radical (unpaired) electrons. The highest BCUT2D eigenvalue weighted by Crippen LogP contribution is 2.23. The van der Waals surface area contributed by atoms with Crippen molar-refractivity contribution in [3.8, 4) is 11.5 Å². The van der Waals surface area contributed by atoms with Crippen LogP contribution in [0.5, 0.6) is 11.5 Å². The Morgan fingerprint density at radius 2 is 1.87 bits per heavy atom. The van der Waals surface area contributed by atoms with E-state index in [1.54, 1.807) is 42.7 Å². The topological polar surface area (TPSA) is 51.7 Å². The molecule has 0 fully saturated rings. The summed E-state index contributed by atoms with van der Waals surface area (Å²) in [4.78, 5) is 19.5. The number of rotatable bonds is 8. The molecule has 5 nitrogen and oxygen atoms in total. The van der Waals surface area contributed by atoms with Gasteiger partial charge in [-0.05, 0) is 69.2 Å². The smallest absolute Gasteiger partial charge is 0.254 e. The summed E-state index contributed by atoms with van der Waals surface area (Å²) in [6, 6.07) is 13.3. The molecule has 3 aromatic rings. The van der Waals surface area contributed by atoms with E-state index in [1.165, 1.54) is 5.56 Å². The van der Waals surface area contributed by atoms with Gasteiger partial charge in [0.25, 0.3) is 5.91 Å². The van der Waals surface area contributed by atoms with Crippen LogP contribution in [0.4, 0.5) is 0 Å². The van der Waals surface area contributed by atoms with Crippen molar-refractivity contribution < 1.29 is 14.3 Å². The van der Waals surface area contributed by atoms with E-state index in [4.69, 9.17) is 9.47 Å². The summed E-state index contributed by atoms with van der Waals surface area (Å²) in [7, 11) is 1.61. The summed E-state index contributed by atoms with van der Waals surface area (Å²) >= 11 is 1.55. The Hall–Kier alpha value is -2.86. The zero-order valence-corrected chi connectivity index (χ0v) is 19.0. The molecule has 0 saturated heterocycles. The molecule has 3 rings (SSSR count). The lowest BCUT2D eigenvalue weighted by atomic mass is 10.1. The molecular formula is C24H28N2O3S. The fourth-order valence-corrected chi connectivity index (χ4v) is 3.77. The zero-order chi connectivity index (χ0) is 21.7. The van der Waals surface area contributed by atoms with Crippen LogP contribution in [-0.4, -0.2) is 28.9 Å². The molecule has 0 atom stereocenters. The standard InChI is InChI=1S/C24H28N2O3S/c1-16(2)26(24(27)19-9-11-21(28-5)12-10-19)13-20-15-30-23(25-20)14-29-22-8-6-7-17(3)18(22)4/h6-12,15-16H,13-14H2,1-5H3. The van der Waals surface area contributed by atoms with Gasteiger partial charge in [0, 0.05) is 17.0 Å². The highest BCUT2D eigenvalue weighted by molar-refractivity contribution is 7.09. The van der Waals surface area contributed by atoms with Crippen molar-refractivity contribution in [3.63, 3.8) is 0 Å². The lowest BCUT2D eigenvalue weighted by Crippen LogP contribution is -2.36. The Morgan fingerprint density at radius 1 is 1.13 bits per heavy atom. The molecule has 30 heavy (non-hydrogen) atoms. The molecule has 2 aromatic carbocycles. The highest BCUT2D eigenvalue weighted by atomic mass is 32.1. The van der Waals surface area contributed by atoms with Gasteiger partial charge in [-0.25, -0.2) is 4.98 Å². The van der Waals surface area contributed by atoms with Crippen molar-refractivity contribution >= 4 is 17.2 Å². The van der Waals surface area contributed by atoms with Crippen molar-refractivity contribution in [1.29, 1.82) is 0 Å². The number of amides is 1. The Balaban J connectivity index is 1.67. The number of hydrogen-bond acceptors (Lipinski definition) is 5. The van der Waals surface area contributed by atoms with Gasteiger partial charge in [-0.15, -0.1) is 11.3 Å². The van der Waals surface area contributed by atoms with E-state index in [2.05, 4.69) is 24.9 Å². The van der Waals surface area contributed by atoms with Gasteiger partial charge in [-0.3, -0.25) is 4.79 Å². The lowest BCUT2D eigenvalue weighted by Gasteiger charge is -2.26. The molecule has 0 aliphatic heterocycles. The molecule has 158 valence electrons. The van der Waals surface area contributed by atoms with Gasteiger partial charge >= 0.3 is 0 Å². The molecule has 0 bridgehead atoms. The van der Waals surface area contributed by atoms with Crippen molar-refractivity contribution in [3.05, 3.63) is 75.2 Å². The van der Waals surface area contributed by atoms with Crippen LogP contribution in [0.3, 0.4) is 0 Å². The summed E-state index contributed by atoms with van der Waals surface area (Å²) in [6.07, 6.45) is 0. The third kappa shape index (κ3) is 5.19. The molecule has 0 spiro atoms. The molecule has 6 heteroatoms. The second-order valence-electron chi connectivity index (χ2n) is 7.47. The molecule has 0 aliphatic carbocycles. The largest absolute Gasteiger partial charge is 0.497 e. The number of benzene rings is 2. The molecular weight excluding hydrogens is 396 g/mol. The second kappa shape index (κ2) is 9.76. The average Bonchev–Trinajstić information content (AvgIpc) is 3.20. The Labute approximate surface area is 182 Å². The lowest BCUT2D eigenvalue weighted by molar-refractivity contribution is 0.0688. The summed E-state index contributed by atoms with van der Waals surface area (Å²) < 4.78 is 11.1. The number of hydrogen-bond donors (Lipinski definition) is 0. The first-order valence-electron chi connectivity index (χ1n) is 9.96. The minimum Gasteiger partial charge on any atom is -0.497 e. The van der Waals surface area contributed by atoms with Crippen LogP contribution in [0, 0.1) is 13.8 Å². The van der Waals surface area contributed by atoms with Gasteiger partial charge in [-0.2, -0.15) is 0 Å². The van der Waals surface area contributed by atoms with Crippen LogP contribution < -0.4 is 9.47 Å². The Bertz CT molecular complexity index is 996. The quantitative estimate of drug-likeness (QED) is 0.486. The van der Waals surface area contributed by atoms with Crippen LogP contribution in [0.2, 0.25) is 0 Å². The predicted molar refractivity (Wildman–Crippen MR) is 120 cm³/mol. The number of nitrogens with zero attached hydrogens (tertiary/aromatic N) is 2. The first-order valence-corrected chi connectivity index (χ1v) is 10.8. The molecule has 1 aromatic heterocycles. The van der Waals surface area contributed by atoms with Gasteiger partial charge in [0.1, 0.15) is 23.1 Å². The monoisotopic (exact) mass is 424 g/mol. The fraction of sp³-hybridized carbons (Fsp3) is 0.333. The number of ether oxygens (including phenoxy) is 2. The second-order valence-corrected chi connectivity index (χ2v) is 8.42. The summed E-state index contributed by atoms with van der Waals surface area (Å²) in [5, 5.41) is 2.89. The number of methoxy groups -OCH3 is 1. The maximum absolute atomic E-state index is 13.0. The molecule has 0 aliphatic rings. The Morgan fingerprint density at radius 3 is 2.53 bits per heavy atom. The minimum absolute atomic E-state index is 0.0196. The van der Waals surface area contributed by atoms with Crippen LogP contribution in [0.15, 0.2) is 47.8 Å². The van der Waals surface area contributed by atoms with Crippen LogP contribution in [-0.2, 0) is 13.2 Å². The van der Waals surface area contributed by atoms with E-state index >= 15 is 0 Å². The maximum Gasteiger partial charge on any atom is 0.254 e. The zero-order valence-electron chi connectivity index (χ0n) is 18.1. The predicted octanol–water partition coefficient (Wildman–Crippen LogP) is 5.40. The maximum atomic E-state index is 13.0. The van der Waals surface area contributed by atoms with Gasteiger partial charge in [0.05, 0.1) is 19.3 Å². The third-order valence-electron chi connectivity index (χ3n) is 5.06. The van der Waals surface area contributed by atoms with Gasteiger partial charge in [0.2, 0.25) is 0 Å². The van der Waals surface area contributed by atoms with Crippen molar-refractivity contribution in [2.45, 2.75) is 46.9 Å². The van der Waals surface area contributed by atoms with Crippen LogP contribution >= 0.6 is 11.3 Å². The molecule has 0 unspecified atom stereocenters. The number of aryl methyl sites for hydroxylation is 1. The molecule has 1 amide bonds. The fourth-order valence-electron chi connectivity index (χ4n) is 3.07. The summed E-state index contributed by atoms with van der Waals surface area (Å²) in [5.74, 6) is 1.59. The minimum atomic E-state index is -0.0196. The molecule has 0 N–H and O–H groups in total. The summed E-state index contributed by atoms with van der Waals surface area (Å²) in [5.41, 5.74) is 3.86. The Kier molecular flexibility index (Phi) is 7.11. The van der Waals surface area contributed by atoms with E-state index < -0.39 is 0 Å². The van der Waals surface area contributed by atoms with Gasteiger partial charge < -0.3 is 14.4 Å². The normalized spacial score (nSPS) is 10.9. The van der Waals surface area contributed by atoms with Crippen molar-refractivity contribution in [2.75, 3.05) is 7.11 Å². The number of thiazole rings is 1. The third-order valence-corrected chi connectivity index (χ3v) is 5.93. The van der Waals surface area contributed by atoms with Gasteiger partial charge in [-0.1, -0.05) is 12.1 Å². The molecule has 0 saturated carbocycles. The van der Waals surface area contributed by atoms with E-state index in [0.717, 1.165) is 27.8 Å². The first kappa shape index (κ1) is 21.8. The SMILES string of the molecule is COc1ccc(C(=O)N(Cc2csc(COc3cccc(C)c3C)n2)C(C)C)cc1. The molecule has 1 heterocycles. The number of carbonyl (C=O) groups excluding carboxylic acids is 1. The average molecular weight is 425 g/mol. The van der Waals surface area contributed by atoms with Crippen LogP contribution in [0.1, 0.15) is 46.0 Å². The van der Waals surface area contributed by atoms with E-state index in [-0.39, 0.29) is 11.9 Å². The van der Waals surface area contributed by atoms with Crippen molar-refractivity contribution in [1.82, 2.24) is 9.88 Å². The van der Waals surface area contributed by atoms with Gasteiger partial charge in [0.15, 0.2) is 0 Å². The van der Waals surface area contributed by atoms with Crippen LogP contribution in [0.25, 0.3) is 0 Å². The van der Waals surface area contributed by atoms with E-state index in [1.807, 2.05) is 36.3 Å². The van der Waals surface area contributed by atoms with Crippen molar-refractivity contribution in [2.24, 2.45) is 0 Å². The highest BCUT2D eigenvalue weighted by Gasteiger charge is 2.20. The first-order chi connectivity index (χ1) is 14.4. The number of carbonyl (C=O) groups is 1. The van der Waals surface area contributed by atoms with E-state index in [0.29, 0.717) is 18.7 Å². The van der Waals surface area contributed by atoms with E-state index in [9.17, 15) is 4.79 Å². The number of aromatic nitrogens is 1.